The predicted octanol–water partition coefficient (Wildman–Crippen LogP) is -1.35. The van der Waals surface area contributed by atoms with E-state index in [9.17, 15) is 14.4 Å². The van der Waals surface area contributed by atoms with Gasteiger partial charge in [0, 0.05) is 13.0 Å². The molecule has 0 radical (unpaired) electrons. The number of nitrogens with two attached hydrogens (primary N) is 1. The second-order valence-electron chi connectivity index (χ2n) is 4.41. The van der Waals surface area contributed by atoms with Crippen LogP contribution in [0.1, 0.15) is 13.3 Å². The average molecular weight is 259 g/mol. The van der Waals surface area contributed by atoms with Crippen LogP contribution in [-0.2, 0) is 14.3 Å². The van der Waals surface area contributed by atoms with Crippen molar-refractivity contribution in [2.45, 2.75) is 19.4 Å². The Bertz CT molecular complexity index is 359. The number of aliphatic carboxylic acids is 1. The van der Waals surface area contributed by atoms with Crippen molar-refractivity contribution in [3.05, 3.63) is 0 Å². The van der Waals surface area contributed by atoms with Gasteiger partial charge in [-0.05, 0) is 6.92 Å². The molecule has 1 fully saturated rings. The fraction of sp³-hybridized carbons (Fsp3) is 0.700. The largest absolute Gasteiger partial charge is 0.481 e. The number of carbonyl (C=O) groups excluding carboxylic acids is 2. The van der Waals surface area contributed by atoms with Gasteiger partial charge in [0.15, 0.2) is 0 Å². The summed E-state index contributed by atoms with van der Waals surface area (Å²) in [6, 6.07) is -1.15. The maximum absolute atomic E-state index is 11.5. The summed E-state index contributed by atoms with van der Waals surface area (Å²) >= 11 is 0. The molecule has 1 aliphatic heterocycles. The van der Waals surface area contributed by atoms with Gasteiger partial charge in [-0.25, -0.2) is 4.79 Å². The van der Waals surface area contributed by atoms with Crippen molar-refractivity contribution in [2.75, 3.05) is 19.8 Å². The van der Waals surface area contributed by atoms with Crippen LogP contribution < -0.4 is 16.4 Å². The second kappa shape index (κ2) is 5.67. The van der Waals surface area contributed by atoms with Crippen LogP contribution in [0.4, 0.5) is 4.79 Å². The Kier molecular flexibility index (Phi) is 4.49. The third kappa shape index (κ3) is 3.33. The molecule has 0 aromatic carbocycles. The fourth-order valence-electron chi connectivity index (χ4n) is 1.59. The number of ether oxygens (including phenoxy) is 1. The van der Waals surface area contributed by atoms with Crippen LogP contribution in [0.25, 0.3) is 0 Å². The lowest BCUT2D eigenvalue weighted by atomic mass is 9.85. The summed E-state index contributed by atoms with van der Waals surface area (Å²) in [6.07, 6.45) is 0.0325. The van der Waals surface area contributed by atoms with Gasteiger partial charge in [0.1, 0.15) is 5.41 Å². The molecule has 5 N–H and O–H groups in total. The van der Waals surface area contributed by atoms with Crippen LogP contribution in [0.15, 0.2) is 0 Å². The van der Waals surface area contributed by atoms with E-state index in [2.05, 4.69) is 10.6 Å². The summed E-state index contributed by atoms with van der Waals surface area (Å²) in [5.41, 5.74) is 3.78. The number of hydrogen-bond acceptors (Lipinski definition) is 4. The van der Waals surface area contributed by atoms with Crippen molar-refractivity contribution in [1.29, 1.82) is 0 Å². The fourth-order valence-corrected chi connectivity index (χ4v) is 1.59. The van der Waals surface area contributed by atoms with Crippen molar-refractivity contribution < 1.29 is 24.2 Å². The molecule has 18 heavy (non-hydrogen) atoms. The molecule has 0 aliphatic carbocycles. The Morgan fingerprint density at radius 1 is 1.50 bits per heavy atom. The molecule has 0 aromatic heterocycles. The van der Waals surface area contributed by atoms with E-state index in [1.165, 1.54) is 6.92 Å². The number of nitrogens with one attached hydrogen (secondary N) is 2. The van der Waals surface area contributed by atoms with Crippen molar-refractivity contribution in [1.82, 2.24) is 10.6 Å². The quantitative estimate of drug-likeness (QED) is 0.485. The second-order valence-corrected chi connectivity index (χ2v) is 4.41. The first kappa shape index (κ1) is 14.2. The highest BCUT2D eigenvalue weighted by atomic mass is 16.5. The van der Waals surface area contributed by atoms with Crippen LogP contribution in [0.3, 0.4) is 0 Å². The molecule has 2 unspecified atom stereocenters. The van der Waals surface area contributed by atoms with Crippen molar-refractivity contribution >= 4 is 17.9 Å². The van der Waals surface area contributed by atoms with Gasteiger partial charge in [0.25, 0.3) is 0 Å². The number of amides is 3. The van der Waals surface area contributed by atoms with Gasteiger partial charge in [0.05, 0.1) is 19.3 Å². The lowest BCUT2D eigenvalue weighted by Crippen LogP contribution is -2.52. The van der Waals surface area contributed by atoms with Gasteiger partial charge in [-0.2, -0.15) is 0 Å². The number of urea groups is 1. The molecule has 3 amide bonds. The smallest absolute Gasteiger partial charge is 0.315 e. The van der Waals surface area contributed by atoms with Gasteiger partial charge in [-0.3, -0.25) is 9.59 Å². The van der Waals surface area contributed by atoms with Gasteiger partial charge in [0.2, 0.25) is 5.91 Å². The number of rotatable bonds is 5. The molecule has 8 heteroatoms. The van der Waals surface area contributed by atoms with E-state index in [1.54, 1.807) is 0 Å². The molecule has 0 aromatic rings. The molecule has 1 rings (SSSR count). The van der Waals surface area contributed by atoms with Gasteiger partial charge < -0.3 is 26.2 Å². The summed E-state index contributed by atoms with van der Waals surface area (Å²) in [7, 11) is 0. The third-order valence-corrected chi connectivity index (χ3v) is 2.91. The Morgan fingerprint density at radius 2 is 2.17 bits per heavy atom. The number of primary amides is 1. The molecule has 1 aliphatic rings. The zero-order valence-corrected chi connectivity index (χ0v) is 10.1. The van der Waals surface area contributed by atoms with Gasteiger partial charge in [-0.1, -0.05) is 0 Å². The molecular weight excluding hydrogens is 242 g/mol. The highest BCUT2D eigenvalue weighted by molar-refractivity contribution is 5.80. The van der Waals surface area contributed by atoms with Crippen molar-refractivity contribution in [3.63, 3.8) is 0 Å². The zero-order valence-electron chi connectivity index (χ0n) is 10.1. The summed E-state index contributed by atoms with van der Waals surface area (Å²) in [6.45, 7) is 1.82. The molecule has 0 saturated carbocycles. The molecule has 2 atom stereocenters. The van der Waals surface area contributed by atoms with E-state index in [-0.39, 0.29) is 26.2 Å². The predicted molar refractivity (Wildman–Crippen MR) is 60.7 cm³/mol. The van der Waals surface area contributed by atoms with Gasteiger partial charge in [-0.15, -0.1) is 0 Å². The number of hydrogen-bond donors (Lipinski definition) is 4. The monoisotopic (exact) mass is 259 g/mol. The van der Waals surface area contributed by atoms with Crippen LogP contribution >= 0.6 is 0 Å². The third-order valence-electron chi connectivity index (χ3n) is 2.91. The van der Waals surface area contributed by atoms with E-state index in [1.807, 2.05) is 0 Å². The first-order valence-electron chi connectivity index (χ1n) is 5.50. The van der Waals surface area contributed by atoms with Gasteiger partial charge >= 0.3 is 12.0 Å². The molecule has 1 saturated heterocycles. The maximum Gasteiger partial charge on any atom is 0.315 e. The SMILES string of the molecule is CC1(C(=O)O)COCC1NC(=O)NCCC(N)=O. The Balaban J connectivity index is 2.44. The molecule has 0 spiro atoms. The minimum Gasteiger partial charge on any atom is -0.481 e. The van der Waals surface area contributed by atoms with E-state index in [0.717, 1.165) is 0 Å². The van der Waals surface area contributed by atoms with Crippen LogP contribution in [0.5, 0.6) is 0 Å². The minimum absolute atomic E-state index is 0.0325. The Labute approximate surface area is 104 Å². The first-order valence-corrected chi connectivity index (χ1v) is 5.50. The first-order chi connectivity index (χ1) is 8.36. The Morgan fingerprint density at radius 3 is 2.72 bits per heavy atom. The summed E-state index contributed by atoms with van der Waals surface area (Å²) in [4.78, 5) is 33.0. The van der Waals surface area contributed by atoms with E-state index >= 15 is 0 Å². The highest BCUT2D eigenvalue weighted by Gasteiger charge is 2.47. The molecular formula is C10H17N3O5. The number of carbonyl (C=O) groups is 3. The number of carboxylic acids is 1. The summed E-state index contributed by atoms with van der Waals surface area (Å²) in [5, 5.41) is 14.0. The van der Waals surface area contributed by atoms with E-state index < -0.39 is 29.4 Å². The highest BCUT2D eigenvalue weighted by Crippen LogP contribution is 2.28. The Hall–Kier alpha value is -1.83. The normalized spacial score (nSPS) is 26.6. The van der Waals surface area contributed by atoms with E-state index in [4.69, 9.17) is 15.6 Å². The molecule has 1 heterocycles. The van der Waals surface area contributed by atoms with Crippen molar-refractivity contribution in [3.8, 4) is 0 Å². The van der Waals surface area contributed by atoms with Crippen molar-refractivity contribution in [2.24, 2.45) is 11.1 Å². The number of carboxylic acid groups (broad SMARTS) is 1. The topological polar surface area (TPSA) is 131 Å². The lowest BCUT2D eigenvalue weighted by molar-refractivity contribution is -0.148. The van der Waals surface area contributed by atoms with Crippen LogP contribution in [-0.4, -0.2) is 48.8 Å². The minimum atomic E-state index is -1.14. The van der Waals surface area contributed by atoms with Crippen LogP contribution in [0.2, 0.25) is 0 Å². The summed E-state index contributed by atoms with van der Waals surface area (Å²) in [5.74, 6) is -1.54. The molecule has 8 nitrogen and oxygen atoms in total. The summed E-state index contributed by atoms with van der Waals surface area (Å²) < 4.78 is 5.08. The maximum atomic E-state index is 11.5. The average Bonchev–Trinajstić information content (AvgIpc) is 2.61. The lowest BCUT2D eigenvalue weighted by Gasteiger charge is -2.25. The standard InChI is InChI=1S/C10H17N3O5/c1-10(8(15)16)5-18-4-6(10)13-9(17)12-3-2-7(11)14/h6H,2-5H2,1H3,(H2,11,14)(H,15,16)(H2,12,13,17). The van der Waals surface area contributed by atoms with Crippen LogP contribution in [0, 0.1) is 5.41 Å². The molecule has 0 bridgehead atoms. The molecule has 102 valence electrons. The zero-order chi connectivity index (χ0) is 13.8. The van der Waals surface area contributed by atoms with E-state index in [0.29, 0.717) is 0 Å².